The summed E-state index contributed by atoms with van der Waals surface area (Å²) < 4.78 is 10.9. The molecule has 0 radical (unpaired) electrons. The van der Waals surface area contributed by atoms with Gasteiger partial charge in [0.05, 0.1) is 13.2 Å². The number of rotatable bonds is 14. The summed E-state index contributed by atoms with van der Waals surface area (Å²) in [5, 5.41) is 28.8. The summed E-state index contributed by atoms with van der Waals surface area (Å²) in [7, 11) is 0. The third-order valence-corrected chi connectivity index (χ3v) is 4.72. The van der Waals surface area contributed by atoms with E-state index in [4.69, 9.17) is 9.47 Å². The highest BCUT2D eigenvalue weighted by Gasteiger charge is 2.39. The molecule has 3 N–H and O–H groups in total. The summed E-state index contributed by atoms with van der Waals surface area (Å²) in [6, 6.07) is 0. The second-order valence-corrected chi connectivity index (χ2v) is 6.97. The summed E-state index contributed by atoms with van der Waals surface area (Å²) in [6.07, 6.45) is 13.5. The molecule has 1 rings (SSSR count). The average molecular weight is 359 g/mol. The fourth-order valence-electron chi connectivity index (χ4n) is 3.08. The summed E-state index contributed by atoms with van der Waals surface area (Å²) >= 11 is 0. The first-order chi connectivity index (χ1) is 12.2. The molecule has 0 unspecified atom stereocenters. The van der Waals surface area contributed by atoms with Crippen molar-refractivity contribution in [1.82, 2.24) is 0 Å². The van der Waals surface area contributed by atoms with Gasteiger partial charge in [0, 0.05) is 6.61 Å². The monoisotopic (exact) mass is 358 g/mol. The van der Waals surface area contributed by atoms with Crippen molar-refractivity contribution in [1.29, 1.82) is 0 Å². The fourth-order valence-corrected chi connectivity index (χ4v) is 3.08. The quantitative estimate of drug-likeness (QED) is 0.329. The van der Waals surface area contributed by atoms with Crippen LogP contribution in [0.15, 0.2) is 12.2 Å². The molecule has 4 atom stereocenters. The van der Waals surface area contributed by atoms with Crippen LogP contribution in [0.1, 0.15) is 71.1 Å². The number of ether oxygens (including phenoxy) is 2. The van der Waals surface area contributed by atoms with Gasteiger partial charge >= 0.3 is 0 Å². The van der Waals surface area contributed by atoms with E-state index in [0.717, 1.165) is 19.3 Å². The molecule has 0 aromatic rings. The van der Waals surface area contributed by atoms with Gasteiger partial charge in [0.2, 0.25) is 0 Å². The number of aliphatic hydroxyl groups excluding tert-OH is 3. The smallest absolute Gasteiger partial charge is 0.114 e. The van der Waals surface area contributed by atoms with Crippen LogP contribution in [0, 0.1) is 0 Å². The summed E-state index contributed by atoms with van der Waals surface area (Å²) in [5.41, 5.74) is 0. The van der Waals surface area contributed by atoms with Crippen LogP contribution in [0.25, 0.3) is 0 Å². The Bertz CT molecular complexity index is 332. The van der Waals surface area contributed by atoms with Gasteiger partial charge in [-0.15, -0.1) is 0 Å². The number of allylic oxidation sites excluding steroid dienone is 2. The Kier molecular flexibility index (Phi) is 13.3. The zero-order valence-electron chi connectivity index (χ0n) is 15.8. The summed E-state index contributed by atoms with van der Waals surface area (Å²) in [4.78, 5) is 0. The lowest BCUT2D eigenvalue weighted by Gasteiger charge is -2.37. The molecule has 0 saturated carbocycles. The molecule has 5 nitrogen and oxygen atoms in total. The Hall–Kier alpha value is -0.460. The molecule has 1 aliphatic rings. The van der Waals surface area contributed by atoms with E-state index in [-0.39, 0.29) is 13.2 Å². The van der Waals surface area contributed by atoms with Crippen molar-refractivity contribution in [2.45, 2.75) is 95.5 Å². The lowest BCUT2D eigenvalue weighted by molar-refractivity contribution is -0.211. The Morgan fingerprint density at radius 2 is 1.60 bits per heavy atom. The van der Waals surface area contributed by atoms with Gasteiger partial charge in [0.1, 0.15) is 24.4 Å². The Balaban J connectivity index is 1.98. The van der Waals surface area contributed by atoms with E-state index in [1.165, 1.54) is 44.9 Å². The molecule has 25 heavy (non-hydrogen) atoms. The van der Waals surface area contributed by atoms with Crippen LogP contribution in [-0.4, -0.2) is 59.6 Å². The first kappa shape index (κ1) is 22.6. The first-order valence-corrected chi connectivity index (χ1v) is 10.1. The van der Waals surface area contributed by atoms with E-state index in [0.29, 0.717) is 6.61 Å². The molecule has 5 heteroatoms. The van der Waals surface area contributed by atoms with Gasteiger partial charge in [0.15, 0.2) is 0 Å². The van der Waals surface area contributed by atoms with Crippen molar-refractivity contribution in [2.75, 3.05) is 19.8 Å². The van der Waals surface area contributed by atoms with E-state index in [2.05, 4.69) is 19.1 Å². The van der Waals surface area contributed by atoms with Crippen LogP contribution in [0.3, 0.4) is 0 Å². The predicted octanol–water partition coefficient (Wildman–Crippen LogP) is 2.96. The highest BCUT2D eigenvalue weighted by molar-refractivity contribution is 4.87. The molecule has 0 spiro atoms. The zero-order chi connectivity index (χ0) is 18.3. The second kappa shape index (κ2) is 14.7. The highest BCUT2D eigenvalue weighted by atomic mass is 16.6. The van der Waals surface area contributed by atoms with Crippen LogP contribution in [0.4, 0.5) is 0 Å². The number of hydrogen-bond donors (Lipinski definition) is 3. The van der Waals surface area contributed by atoms with Crippen LogP contribution in [0.5, 0.6) is 0 Å². The molecule has 0 aromatic carbocycles. The van der Waals surface area contributed by atoms with Crippen LogP contribution >= 0.6 is 0 Å². The minimum atomic E-state index is -0.992. The molecule has 1 heterocycles. The minimum Gasteiger partial charge on any atom is -0.394 e. The van der Waals surface area contributed by atoms with Gasteiger partial charge in [-0.25, -0.2) is 0 Å². The lowest BCUT2D eigenvalue weighted by atomic mass is 10.0. The number of unbranched alkanes of at least 4 members (excludes halogenated alkanes) is 8. The van der Waals surface area contributed by atoms with Gasteiger partial charge < -0.3 is 24.8 Å². The van der Waals surface area contributed by atoms with Crippen molar-refractivity contribution >= 4 is 0 Å². The van der Waals surface area contributed by atoms with E-state index >= 15 is 0 Å². The largest absolute Gasteiger partial charge is 0.394 e. The fraction of sp³-hybridized carbons (Fsp3) is 0.900. The van der Waals surface area contributed by atoms with Crippen molar-refractivity contribution < 1.29 is 24.8 Å². The molecule has 1 fully saturated rings. The Morgan fingerprint density at radius 3 is 2.24 bits per heavy atom. The minimum absolute atomic E-state index is 0.0401. The molecule has 148 valence electrons. The predicted molar refractivity (Wildman–Crippen MR) is 99.6 cm³/mol. The lowest BCUT2D eigenvalue weighted by Crippen LogP contribution is -2.55. The molecular weight excluding hydrogens is 320 g/mol. The van der Waals surface area contributed by atoms with Gasteiger partial charge in [-0.05, 0) is 32.1 Å². The highest BCUT2D eigenvalue weighted by Crippen LogP contribution is 2.19. The van der Waals surface area contributed by atoms with E-state index in [9.17, 15) is 15.3 Å². The SMILES string of the molecule is CCCCCC/C=C/CCCCCCO[C@H]1[C@H](O)[C@@H](O)CO[C@@H]1CO. The number of aliphatic hydroxyl groups is 3. The van der Waals surface area contributed by atoms with Crippen LogP contribution < -0.4 is 0 Å². The van der Waals surface area contributed by atoms with Crippen LogP contribution in [0.2, 0.25) is 0 Å². The van der Waals surface area contributed by atoms with Gasteiger partial charge in [-0.1, -0.05) is 51.2 Å². The molecule has 1 aliphatic heterocycles. The molecule has 1 saturated heterocycles. The van der Waals surface area contributed by atoms with Crippen molar-refractivity contribution in [2.24, 2.45) is 0 Å². The van der Waals surface area contributed by atoms with E-state index in [1.807, 2.05) is 0 Å². The van der Waals surface area contributed by atoms with E-state index in [1.54, 1.807) is 0 Å². The molecule has 0 amide bonds. The van der Waals surface area contributed by atoms with E-state index < -0.39 is 24.4 Å². The standard InChI is InChI=1S/C20H38O5/c1-2-3-4-5-6-7-8-9-10-11-12-13-14-24-20-18(15-21)25-16-17(22)19(20)23/h7-8,17-23H,2-6,9-16H2,1H3/b8-7+/t17-,18+,19+,20+/m0/s1. The molecular formula is C20H38O5. The van der Waals surface area contributed by atoms with Crippen molar-refractivity contribution in [3.8, 4) is 0 Å². The molecule has 0 aromatic heterocycles. The molecule has 0 aliphatic carbocycles. The second-order valence-electron chi connectivity index (χ2n) is 6.97. The van der Waals surface area contributed by atoms with Crippen molar-refractivity contribution in [3.05, 3.63) is 12.2 Å². The average Bonchev–Trinajstić information content (AvgIpc) is 2.62. The maximum atomic E-state index is 9.96. The zero-order valence-corrected chi connectivity index (χ0v) is 15.8. The molecule has 0 bridgehead atoms. The number of hydrogen-bond acceptors (Lipinski definition) is 5. The topological polar surface area (TPSA) is 79.2 Å². The first-order valence-electron chi connectivity index (χ1n) is 10.1. The third kappa shape index (κ3) is 9.71. The third-order valence-electron chi connectivity index (χ3n) is 4.72. The van der Waals surface area contributed by atoms with Crippen LogP contribution in [-0.2, 0) is 9.47 Å². The normalized spacial score (nSPS) is 27.2. The Morgan fingerprint density at radius 1 is 0.960 bits per heavy atom. The van der Waals surface area contributed by atoms with Gasteiger partial charge in [-0.2, -0.15) is 0 Å². The van der Waals surface area contributed by atoms with Gasteiger partial charge in [-0.3, -0.25) is 0 Å². The summed E-state index contributed by atoms with van der Waals surface area (Å²) in [6.45, 7) is 2.58. The van der Waals surface area contributed by atoms with Gasteiger partial charge in [0.25, 0.3) is 0 Å². The Labute approximate surface area is 153 Å². The maximum absolute atomic E-state index is 9.96. The maximum Gasteiger partial charge on any atom is 0.114 e. The van der Waals surface area contributed by atoms with Crippen molar-refractivity contribution in [3.63, 3.8) is 0 Å². The summed E-state index contributed by atoms with van der Waals surface area (Å²) in [5.74, 6) is 0.